The number of fused-ring (bicyclic) bond motifs is 1. The van der Waals surface area contributed by atoms with Crippen molar-refractivity contribution in [2.45, 2.75) is 18.3 Å². The van der Waals surface area contributed by atoms with Crippen molar-refractivity contribution in [3.05, 3.63) is 29.1 Å². The number of halogens is 4. The van der Waals surface area contributed by atoms with Gasteiger partial charge in [-0.25, -0.2) is 4.39 Å². The smallest absolute Gasteiger partial charge is 0.375 e. The monoisotopic (exact) mass is 298 g/mol. The van der Waals surface area contributed by atoms with Crippen LogP contribution in [0.1, 0.15) is 22.3 Å². The first-order valence-electron chi connectivity index (χ1n) is 4.99. The summed E-state index contributed by atoms with van der Waals surface area (Å²) in [6.45, 7) is 0. The standard InChI is InChI=1S/C10H6F4O4S/c11-6-2-4-8(9-5(6)1-3-7(9)15)18-19(16,17)10(12,13)14/h2,4H,1,3H2. The van der Waals surface area contributed by atoms with Crippen LogP contribution >= 0.6 is 0 Å². The van der Waals surface area contributed by atoms with E-state index in [1.807, 2.05) is 0 Å². The van der Waals surface area contributed by atoms with Crippen molar-refractivity contribution in [1.29, 1.82) is 0 Å². The third kappa shape index (κ3) is 2.29. The van der Waals surface area contributed by atoms with E-state index in [9.17, 15) is 30.8 Å². The van der Waals surface area contributed by atoms with Gasteiger partial charge in [-0.05, 0) is 18.6 Å². The van der Waals surface area contributed by atoms with Crippen LogP contribution in [0.2, 0.25) is 0 Å². The van der Waals surface area contributed by atoms with Crippen molar-refractivity contribution in [3.63, 3.8) is 0 Å². The van der Waals surface area contributed by atoms with Crippen molar-refractivity contribution in [3.8, 4) is 5.75 Å². The number of rotatable bonds is 2. The first kappa shape index (κ1) is 13.8. The summed E-state index contributed by atoms with van der Waals surface area (Å²) in [5, 5.41) is 0. The molecule has 0 aliphatic heterocycles. The molecule has 0 N–H and O–H groups in total. The van der Waals surface area contributed by atoms with Crippen LogP contribution in [0, 0.1) is 5.82 Å². The quantitative estimate of drug-likeness (QED) is 0.477. The Morgan fingerprint density at radius 1 is 1.16 bits per heavy atom. The van der Waals surface area contributed by atoms with Gasteiger partial charge in [0.25, 0.3) is 0 Å². The molecule has 1 aliphatic rings. The maximum Gasteiger partial charge on any atom is 0.534 e. The van der Waals surface area contributed by atoms with Gasteiger partial charge in [-0.15, -0.1) is 0 Å². The lowest BCUT2D eigenvalue weighted by molar-refractivity contribution is -0.0500. The van der Waals surface area contributed by atoms with E-state index in [2.05, 4.69) is 4.18 Å². The first-order chi connectivity index (χ1) is 8.63. The Bertz CT molecular complexity index is 648. The minimum Gasteiger partial charge on any atom is -0.375 e. The molecule has 0 fully saturated rings. The van der Waals surface area contributed by atoms with Gasteiger partial charge in [-0.2, -0.15) is 21.6 Å². The molecule has 0 aromatic heterocycles. The normalized spacial score (nSPS) is 15.5. The molecule has 0 bridgehead atoms. The van der Waals surface area contributed by atoms with E-state index in [1.165, 1.54) is 0 Å². The zero-order valence-corrected chi connectivity index (χ0v) is 9.94. The predicted octanol–water partition coefficient (Wildman–Crippen LogP) is 2.18. The lowest BCUT2D eigenvalue weighted by Crippen LogP contribution is -2.28. The number of hydrogen-bond acceptors (Lipinski definition) is 4. The SMILES string of the molecule is O=C1CCc2c(F)ccc(OS(=O)(=O)C(F)(F)F)c21. The molecule has 0 radical (unpaired) electrons. The molecule has 0 atom stereocenters. The second-order valence-electron chi connectivity index (χ2n) is 3.81. The first-order valence-corrected chi connectivity index (χ1v) is 6.39. The van der Waals surface area contributed by atoms with E-state index in [0.29, 0.717) is 6.07 Å². The molecular formula is C10H6F4O4S. The maximum absolute atomic E-state index is 13.3. The second-order valence-corrected chi connectivity index (χ2v) is 5.34. The summed E-state index contributed by atoms with van der Waals surface area (Å²) in [7, 11) is -5.88. The minimum atomic E-state index is -5.88. The van der Waals surface area contributed by atoms with Crippen LogP contribution in [0.25, 0.3) is 0 Å². The summed E-state index contributed by atoms with van der Waals surface area (Å²) in [5.41, 5.74) is -6.18. The molecule has 0 spiro atoms. The summed E-state index contributed by atoms with van der Waals surface area (Å²) in [5.74, 6) is -2.23. The van der Waals surface area contributed by atoms with E-state index in [1.54, 1.807) is 0 Å². The van der Waals surface area contributed by atoms with Gasteiger partial charge in [0.2, 0.25) is 0 Å². The Balaban J connectivity index is 2.50. The van der Waals surface area contributed by atoms with Gasteiger partial charge >= 0.3 is 15.6 Å². The van der Waals surface area contributed by atoms with Crippen LogP contribution in [-0.2, 0) is 16.5 Å². The number of Topliss-reactive ketones (excluding diaryl/α,β-unsaturated/α-hetero) is 1. The van der Waals surface area contributed by atoms with Crippen molar-refractivity contribution in [2.75, 3.05) is 0 Å². The average Bonchev–Trinajstić information content (AvgIpc) is 2.64. The lowest BCUT2D eigenvalue weighted by atomic mass is 10.1. The van der Waals surface area contributed by atoms with Gasteiger partial charge in [-0.1, -0.05) is 0 Å². The average molecular weight is 298 g/mol. The summed E-state index contributed by atoms with van der Waals surface area (Å²) in [6, 6.07) is 1.46. The topological polar surface area (TPSA) is 60.4 Å². The number of alkyl halides is 3. The van der Waals surface area contributed by atoms with Crippen LogP contribution in [0.5, 0.6) is 5.75 Å². The molecule has 1 aromatic rings. The van der Waals surface area contributed by atoms with E-state index in [-0.39, 0.29) is 18.4 Å². The molecule has 0 saturated heterocycles. The van der Waals surface area contributed by atoms with Crippen molar-refractivity contribution in [2.24, 2.45) is 0 Å². The van der Waals surface area contributed by atoms with Gasteiger partial charge in [0.15, 0.2) is 11.5 Å². The molecule has 0 heterocycles. The number of ketones is 1. The molecule has 4 nitrogen and oxygen atoms in total. The lowest BCUT2D eigenvalue weighted by Gasteiger charge is -2.12. The summed E-state index contributed by atoms with van der Waals surface area (Å²) in [4.78, 5) is 11.5. The van der Waals surface area contributed by atoms with Crippen LogP contribution in [0.3, 0.4) is 0 Å². The summed E-state index contributed by atoms with van der Waals surface area (Å²) >= 11 is 0. The Kier molecular flexibility index (Phi) is 3.04. The number of carbonyl (C=O) groups is 1. The summed E-state index contributed by atoms with van der Waals surface area (Å²) in [6.07, 6.45) is -0.0953. The third-order valence-corrected chi connectivity index (χ3v) is 3.55. The van der Waals surface area contributed by atoms with Crippen LogP contribution in [0.4, 0.5) is 17.6 Å². The van der Waals surface area contributed by atoms with E-state index >= 15 is 0 Å². The largest absolute Gasteiger partial charge is 0.534 e. The molecule has 2 rings (SSSR count). The summed E-state index contributed by atoms with van der Waals surface area (Å²) < 4.78 is 75.5. The zero-order chi connectivity index (χ0) is 14.4. The van der Waals surface area contributed by atoms with Gasteiger partial charge in [0, 0.05) is 12.0 Å². The zero-order valence-electron chi connectivity index (χ0n) is 9.12. The highest BCUT2D eigenvalue weighted by molar-refractivity contribution is 7.88. The fourth-order valence-electron chi connectivity index (χ4n) is 1.75. The third-order valence-electron chi connectivity index (χ3n) is 2.58. The minimum absolute atomic E-state index is 0.00324. The molecule has 9 heteroatoms. The van der Waals surface area contributed by atoms with Gasteiger partial charge in [0.1, 0.15) is 5.82 Å². The highest BCUT2D eigenvalue weighted by Crippen LogP contribution is 2.35. The molecule has 0 amide bonds. The highest BCUT2D eigenvalue weighted by atomic mass is 32.2. The molecular weight excluding hydrogens is 292 g/mol. The van der Waals surface area contributed by atoms with Crippen molar-refractivity contribution < 1.29 is 35.0 Å². The molecule has 19 heavy (non-hydrogen) atoms. The van der Waals surface area contributed by atoms with Gasteiger partial charge in [-0.3, -0.25) is 4.79 Å². The van der Waals surface area contributed by atoms with Crippen LogP contribution < -0.4 is 4.18 Å². The number of carbonyl (C=O) groups excluding carboxylic acids is 1. The second kappa shape index (κ2) is 4.19. The van der Waals surface area contributed by atoms with Crippen LogP contribution in [0.15, 0.2) is 12.1 Å². The Morgan fingerprint density at radius 3 is 2.37 bits per heavy atom. The Labute approximate surface area is 105 Å². The fraction of sp³-hybridized carbons (Fsp3) is 0.300. The molecule has 104 valence electrons. The predicted molar refractivity (Wildman–Crippen MR) is 54.7 cm³/mol. The molecule has 0 saturated carbocycles. The number of hydrogen-bond donors (Lipinski definition) is 0. The van der Waals surface area contributed by atoms with Crippen molar-refractivity contribution >= 4 is 15.9 Å². The fourth-order valence-corrected chi connectivity index (χ4v) is 2.22. The van der Waals surface area contributed by atoms with E-state index < -0.39 is 38.5 Å². The number of benzene rings is 1. The maximum atomic E-state index is 13.3. The van der Waals surface area contributed by atoms with Crippen molar-refractivity contribution in [1.82, 2.24) is 0 Å². The van der Waals surface area contributed by atoms with Gasteiger partial charge < -0.3 is 4.18 Å². The van der Waals surface area contributed by atoms with E-state index in [0.717, 1.165) is 6.07 Å². The van der Waals surface area contributed by atoms with Crippen LogP contribution in [-0.4, -0.2) is 19.7 Å². The van der Waals surface area contributed by atoms with Gasteiger partial charge in [0.05, 0.1) is 5.56 Å². The Hall–Kier alpha value is -1.64. The highest BCUT2D eigenvalue weighted by Gasteiger charge is 2.49. The Morgan fingerprint density at radius 2 is 1.79 bits per heavy atom. The molecule has 1 aromatic carbocycles. The van der Waals surface area contributed by atoms with E-state index in [4.69, 9.17) is 0 Å². The molecule has 1 aliphatic carbocycles. The molecule has 0 unspecified atom stereocenters.